The SMILES string of the molecule is CCC(N)(CC)C(=O)Nc1cccnc1N1CCCC1. The summed E-state index contributed by atoms with van der Waals surface area (Å²) in [6.45, 7) is 5.87. The number of amides is 1. The number of carbonyl (C=O) groups is 1. The van der Waals surface area contributed by atoms with E-state index in [9.17, 15) is 4.79 Å². The molecular weight excluding hydrogens is 252 g/mol. The van der Waals surface area contributed by atoms with Gasteiger partial charge >= 0.3 is 0 Å². The second-order valence-electron chi connectivity index (χ2n) is 5.39. The van der Waals surface area contributed by atoms with E-state index in [0.29, 0.717) is 12.8 Å². The van der Waals surface area contributed by atoms with Crippen LogP contribution in [0.1, 0.15) is 39.5 Å². The van der Waals surface area contributed by atoms with Crippen LogP contribution in [0.5, 0.6) is 0 Å². The lowest BCUT2D eigenvalue weighted by atomic mass is 9.93. The minimum absolute atomic E-state index is 0.129. The predicted molar refractivity (Wildman–Crippen MR) is 81.8 cm³/mol. The topological polar surface area (TPSA) is 71.2 Å². The van der Waals surface area contributed by atoms with Crippen molar-refractivity contribution in [3.05, 3.63) is 18.3 Å². The molecule has 2 rings (SSSR count). The zero-order chi connectivity index (χ0) is 14.6. The second kappa shape index (κ2) is 6.22. The number of nitrogens with one attached hydrogen (secondary N) is 1. The lowest BCUT2D eigenvalue weighted by Crippen LogP contribution is -2.50. The molecule has 0 atom stereocenters. The van der Waals surface area contributed by atoms with E-state index in [0.717, 1.165) is 24.6 Å². The molecule has 3 N–H and O–H groups in total. The maximum Gasteiger partial charge on any atom is 0.244 e. The first-order valence-electron chi connectivity index (χ1n) is 7.41. The van der Waals surface area contributed by atoms with Gasteiger partial charge in [0.2, 0.25) is 5.91 Å². The molecule has 1 amide bonds. The van der Waals surface area contributed by atoms with Gasteiger partial charge in [0.05, 0.1) is 11.2 Å². The normalized spacial score (nSPS) is 15.4. The fraction of sp³-hybridized carbons (Fsp3) is 0.600. The van der Waals surface area contributed by atoms with Gasteiger partial charge in [-0.25, -0.2) is 4.98 Å². The third-order valence-electron chi connectivity index (χ3n) is 4.15. The van der Waals surface area contributed by atoms with Crippen molar-refractivity contribution in [1.29, 1.82) is 0 Å². The first-order chi connectivity index (χ1) is 9.60. The van der Waals surface area contributed by atoms with Gasteiger partial charge in [-0.15, -0.1) is 0 Å². The van der Waals surface area contributed by atoms with Gasteiger partial charge in [-0.2, -0.15) is 0 Å². The van der Waals surface area contributed by atoms with Crippen molar-refractivity contribution in [3.8, 4) is 0 Å². The molecule has 0 spiro atoms. The highest BCUT2D eigenvalue weighted by molar-refractivity contribution is 5.99. The number of rotatable bonds is 5. The molecule has 1 fully saturated rings. The van der Waals surface area contributed by atoms with Gasteiger partial charge in [-0.1, -0.05) is 13.8 Å². The number of pyridine rings is 1. The highest BCUT2D eigenvalue weighted by atomic mass is 16.2. The zero-order valence-corrected chi connectivity index (χ0v) is 12.4. The number of nitrogens with two attached hydrogens (primary N) is 1. The van der Waals surface area contributed by atoms with E-state index in [4.69, 9.17) is 5.73 Å². The average Bonchev–Trinajstić information content (AvgIpc) is 3.01. The van der Waals surface area contributed by atoms with E-state index in [1.165, 1.54) is 12.8 Å². The molecule has 0 aromatic carbocycles. The van der Waals surface area contributed by atoms with Gasteiger partial charge in [0.15, 0.2) is 5.82 Å². The van der Waals surface area contributed by atoms with Crippen LogP contribution in [0.2, 0.25) is 0 Å². The third kappa shape index (κ3) is 2.93. The lowest BCUT2D eigenvalue weighted by molar-refractivity contribution is -0.121. The molecule has 1 saturated heterocycles. The summed E-state index contributed by atoms with van der Waals surface area (Å²) in [4.78, 5) is 19.0. The summed E-state index contributed by atoms with van der Waals surface area (Å²) in [7, 11) is 0. The molecule has 2 heterocycles. The zero-order valence-electron chi connectivity index (χ0n) is 12.4. The minimum atomic E-state index is -0.807. The van der Waals surface area contributed by atoms with Crippen LogP contribution in [0.15, 0.2) is 18.3 Å². The van der Waals surface area contributed by atoms with Gasteiger partial charge in [-0.3, -0.25) is 4.79 Å². The summed E-state index contributed by atoms with van der Waals surface area (Å²) >= 11 is 0. The van der Waals surface area contributed by atoms with Gasteiger partial charge in [0, 0.05) is 19.3 Å². The van der Waals surface area contributed by atoms with Gasteiger partial charge in [0.25, 0.3) is 0 Å². The van der Waals surface area contributed by atoms with Crippen molar-refractivity contribution in [2.24, 2.45) is 5.73 Å². The van der Waals surface area contributed by atoms with E-state index in [2.05, 4.69) is 15.2 Å². The smallest absolute Gasteiger partial charge is 0.244 e. The Morgan fingerprint density at radius 3 is 2.65 bits per heavy atom. The van der Waals surface area contributed by atoms with Crippen LogP contribution in [0.3, 0.4) is 0 Å². The Balaban J connectivity index is 2.19. The summed E-state index contributed by atoms with van der Waals surface area (Å²) in [5.41, 5.74) is 6.10. The standard InChI is InChI=1S/C15H24N4O/c1-3-15(16,4-2)14(20)18-12-8-7-9-17-13(12)19-10-5-6-11-19/h7-9H,3-6,10-11,16H2,1-2H3,(H,18,20). The Morgan fingerprint density at radius 1 is 1.40 bits per heavy atom. The molecule has 0 radical (unpaired) electrons. The number of hydrogen-bond donors (Lipinski definition) is 2. The number of hydrogen-bond acceptors (Lipinski definition) is 4. The maximum absolute atomic E-state index is 12.4. The first kappa shape index (κ1) is 14.8. The Kier molecular flexibility index (Phi) is 4.60. The minimum Gasteiger partial charge on any atom is -0.355 e. The lowest BCUT2D eigenvalue weighted by Gasteiger charge is -2.27. The molecule has 20 heavy (non-hydrogen) atoms. The molecule has 110 valence electrons. The van der Waals surface area contributed by atoms with E-state index >= 15 is 0 Å². The van der Waals surface area contributed by atoms with Crippen molar-refractivity contribution >= 4 is 17.4 Å². The monoisotopic (exact) mass is 276 g/mol. The van der Waals surface area contributed by atoms with Crippen molar-refractivity contribution in [2.45, 2.75) is 45.1 Å². The summed E-state index contributed by atoms with van der Waals surface area (Å²) in [6, 6.07) is 3.73. The molecule has 1 aromatic rings. The largest absolute Gasteiger partial charge is 0.355 e. The molecule has 1 aliphatic heterocycles. The molecule has 0 unspecified atom stereocenters. The highest BCUT2D eigenvalue weighted by Gasteiger charge is 2.30. The van der Waals surface area contributed by atoms with E-state index in [-0.39, 0.29) is 5.91 Å². The van der Waals surface area contributed by atoms with Crippen LogP contribution in [-0.2, 0) is 4.79 Å². The predicted octanol–water partition coefficient (Wildman–Crippen LogP) is 2.14. The van der Waals surface area contributed by atoms with E-state index in [1.54, 1.807) is 6.20 Å². The van der Waals surface area contributed by atoms with Gasteiger partial charge < -0.3 is 16.0 Å². The molecule has 0 bridgehead atoms. The van der Waals surface area contributed by atoms with Crippen LogP contribution >= 0.6 is 0 Å². The summed E-state index contributed by atoms with van der Waals surface area (Å²) in [6.07, 6.45) is 5.35. The van der Waals surface area contributed by atoms with Gasteiger partial charge in [-0.05, 0) is 37.8 Å². The van der Waals surface area contributed by atoms with Crippen molar-refractivity contribution in [2.75, 3.05) is 23.3 Å². The Hall–Kier alpha value is -1.62. The molecule has 5 nitrogen and oxygen atoms in total. The van der Waals surface area contributed by atoms with Crippen LogP contribution < -0.4 is 16.0 Å². The Morgan fingerprint density at radius 2 is 2.05 bits per heavy atom. The fourth-order valence-corrected chi connectivity index (χ4v) is 2.49. The molecule has 1 aliphatic rings. The fourth-order valence-electron chi connectivity index (χ4n) is 2.49. The molecule has 0 saturated carbocycles. The molecule has 5 heteroatoms. The average molecular weight is 276 g/mol. The maximum atomic E-state index is 12.4. The number of anilines is 2. The van der Waals surface area contributed by atoms with Gasteiger partial charge in [0.1, 0.15) is 0 Å². The number of carbonyl (C=O) groups excluding carboxylic acids is 1. The Bertz CT molecular complexity index is 465. The second-order valence-corrected chi connectivity index (χ2v) is 5.39. The third-order valence-corrected chi connectivity index (χ3v) is 4.15. The van der Waals surface area contributed by atoms with E-state index < -0.39 is 5.54 Å². The highest BCUT2D eigenvalue weighted by Crippen LogP contribution is 2.27. The number of nitrogens with zero attached hydrogens (tertiary/aromatic N) is 2. The van der Waals surface area contributed by atoms with E-state index in [1.807, 2.05) is 26.0 Å². The van der Waals surface area contributed by atoms with Crippen molar-refractivity contribution in [3.63, 3.8) is 0 Å². The molecular formula is C15H24N4O. The summed E-state index contributed by atoms with van der Waals surface area (Å²) in [5, 5.41) is 2.96. The van der Waals surface area contributed by atoms with Crippen molar-refractivity contribution < 1.29 is 4.79 Å². The van der Waals surface area contributed by atoms with Crippen LogP contribution in [-0.4, -0.2) is 29.5 Å². The summed E-state index contributed by atoms with van der Waals surface area (Å²) < 4.78 is 0. The van der Waals surface area contributed by atoms with Crippen LogP contribution in [0, 0.1) is 0 Å². The quantitative estimate of drug-likeness (QED) is 0.864. The van der Waals surface area contributed by atoms with Crippen LogP contribution in [0.4, 0.5) is 11.5 Å². The Labute approximate surface area is 120 Å². The number of aromatic nitrogens is 1. The molecule has 0 aliphatic carbocycles. The summed E-state index contributed by atoms with van der Waals surface area (Å²) in [5.74, 6) is 0.726. The van der Waals surface area contributed by atoms with Crippen molar-refractivity contribution in [1.82, 2.24) is 4.98 Å². The first-order valence-corrected chi connectivity index (χ1v) is 7.41. The van der Waals surface area contributed by atoms with Crippen LogP contribution in [0.25, 0.3) is 0 Å². The molecule has 1 aromatic heterocycles.